The summed E-state index contributed by atoms with van der Waals surface area (Å²) in [5, 5.41) is 7.00. The van der Waals surface area contributed by atoms with Crippen molar-refractivity contribution in [1.82, 2.24) is 15.7 Å². The van der Waals surface area contributed by atoms with Gasteiger partial charge < -0.3 is 21.1 Å². The lowest BCUT2D eigenvalue weighted by Gasteiger charge is -2.23. The molecule has 0 aromatic carbocycles. The Hall–Kier alpha value is -2.92. The summed E-state index contributed by atoms with van der Waals surface area (Å²) in [6, 6.07) is 2.04. The van der Waals surface area contributed by atoms with E-state index in [4.69, 9.17) is 15.3 Å². The van der Waals surface area contributed by atoms with Gasteiger partial charge in [-0.15, -0.1) is 11.3 Å². The van der Waals surface area contributed by atoms with E-state index >= 15 is 0 Å². The fraction of sp³-hybridized carbons (Fsp3) is 0.667. The van der Waals surface area contributed by atoms with Gasteiger partial charge in [0.2, 0.25) is 5.91 Å². The van der Waals surface area contributed by atoms with Gasteiger partial charge in [-0.25, -0.2) is 14.9 Å². The largest absolute Gasteiger partial charge is 0.444 e. The molecule has 2 heterocycles. The summed E-state index contributed by atoms with van der Waals surface area (Å²) >= 11 is 1.61. The number of aliphatic imine (C=N–C) groups is 1. The van der Waals surface area contributed by atoms with E-state index < -0.39 is 11.7 Å². The Balaban J connectivity index is 1.91. The predicted octanol–water partition coefficient (Wildman–Crippen LogP) is 5.48. The standard InChI is InChI=1S/C30H49N5O5S/c1-8-15-35(39-16-14-32-26(36)20-29(2,3)4)27(37)21-17-24-23(34-25(31)18-21)19-22(41-24)12-10-9-11-13-33-28(38)40-30(5,6)7/h17,19H,8-16,18,20H2,1-7H3,(H2,31,34)(H,32,36)(H,33,38). The second-order valence-corrected chi connectivity index (χ2v) is 13.6. The van der Waals surface area contributed by atoms with Crippen LogP contribution in [0.15, 0.2) is 16.6 Å². The monoisotopic (exact) mass is 591 g/mol. The molecular formula is C30H49N5O5S. The number of nitrogens with zero attached hydrogens (tertiary/aromatic N) is 2. The van der Waals surface area contributed by atoms with E-state index in [1.807, 2.05) is 60.6 Å². The number of fused-ring (bicyclic) bond motifs is 1. The zero-order valence-corrected chi connectivity index (χ0v) is 26.7. The number of rotatable bonds is 14. The molecule has 0 fully saturated rings. The van der Waals surface area contributed by atoms with E-state index in [9.17, 15) is 14.4 Å². The molecule has 0 atom stereocenters. The number of alkyl carbamates (subject to hydrolysis) is 1. The van der Waals surface area contributed by atoms with Crippen LogP contribution in [0.5, 0.6) is 0 Å². The van der Waals surface area contributed by atoms with Crippen molar-refractivity contribution in [1.29, 1.82) is 0 Å². The quantitative estimate of drug-likeness (QED) is 0.194. The molecule has 10 nitrogen and oxygen atoms in total. The molecule has 0 radical (unpaired) electrons. The number of carbonyl (C=O) groups is 3. The Morgan fingerprint density at radius 2 is 1.80 bits per heavy atom. The van der Waals surface area contributed by atoms with Crippen LogP contribution < -0.4 is 16.4 Å². The minimum Gasteiger partial charge on any atom is -0.444 e. The number of nitrogens with one attached hydrogen (secondary N) is 2. The Bertz CT molecular complexity index is 1100. The molecule has 41 heavy (non-hydrogen) atoms. The molecule has 4 N–H and O–H groups in total. The molecule has 0 saturated carbocycles. The van der Waals surface area contributed by atoms with Crippen LogP contribution in [-0.4, -0.2) is 60.6 Å². The third kappa shape index (κ3) is 13.5. The number of thiophene rings is 1. The van der Waals surface area contributed by atoms with E-state index in [0.717, 1.165) is 42.7 Å². The molecule has 2 rings (SSSR count). The van der Waals surface area contributed by atoms with Gasteiger partial charge >= 0.3 is 6.09 Å². The molecule has 0 spiro atoms. The highest BCUT2D eigenvalue weighted by molar-refractivity contribution is 7.13. The molecule has 11 heteroatoms. The fourth-order valence-electron chi connectivity index (χ4n) is 4.08. The van der Waals surface area contributed by atoms with Crippen molar-refractivity contribution in [2.75, 3.05) is 26.2 Å². The fourth-order valence-corrected chi connectivity index (χ4v) is 5.19. The lowest BCUT2D eigenvalue weighted by molar-refractivity contribution is -0.181. The topological polar surface area (TPSA) is 135 Å². The molecule has 1 aromatic heterocycles. The van der Waals surface area contributed by atoms with E-state index in [0.29, 0.717) is 37.5 Å². The average Bonchev–Trinajstić information content (AvgIpc) is 3.13. The number of hydroxylamine groups is 2. The maximum atomic E-state index is 13.4. The molecule has 1 aromatic rings. The molecule has 1 aliphatic heterocycles. The first-order valence-corrected chi connectivity index (χ1v) is 15.3. The first kappa shape index (κ1) is 34.3. The van der Waals surface area contributed by atoms with Gasteiger partial charge in [-0.1, -0.05) is 34.1 Å². The van der Waals surface area contributed by atoms with E-state index in [1.54, 1.807) is 11.3 Å². The van der Waals surface area contributed by atoms with Crippen LogP contribution in [0.3, 0.4) is 0 Å². The summed E-state index contributed by atoms with van der Waals surface area (Å²) < 4.78 is 5.25. The molecule has 3 amide bonds. The van der Waals surface area contributed by atoms with E-state index in [2.05, 4.69) is 15.6 Å². The minimum atomic E-state index is -0.502. The van der Waals surface area contributed by atoms with Gasteiger partial charge in [0, 0.05) is 42.9 Å². The number of amidine groups is 1. The summed E-state index contributed by atoms with van der Waals surface area (Å²) in [5.41, 5.74) is 6.90. The zero-order valence-electron chi connectivity index (χ0n) is 25.9. The Labute approximate surface area is 249 Å². The van der Waals surface area contributed by atoms with Crippen molar-refractivity contribution >= 4 is 46.8 Å². The second-order valence-electron chi connectivity index (χ2n) is 12.5. The molecule has 0 unspecified atom stereocenters. The van der Waals surface area contributed by atoms with Crippen LogP contribution in [0.4, 0.5) is 10.5 Å². The molecule has 230 valence electrons. The number of amides is 3. The van der Waals surface area contributed by atoms with Crippen molar-refractivity contribution in [2.24, 2.45) is 16.1 Å². The molecule has 0 bridgehead atoms. The van der Waals surface area contributed by atoms with E-state index in [1.165, 1.54) is 9.94 Å². The summed E-state index contributed by atoms with van der Waals surface area (Å²) in [5.74, 6) is 0.0986. The predicted molar refractivity (Wildman–Crippen MR) is 165 cm³/mol. The van der Waals surface area contributed by atoms with Gasteiger partial charge in [0.25, 0.3) is 5.91 Å². The average molecular weight is 592 g/mol. The highest BCUT2D eigenvalue weighted by atomic mass is 32.1. The van der Waals surface area contributed by atoms with Crippen molar-refractivity contribution in [3.63, 3.8) is 0 Å². The molecule has 0 aliphatic carbocycles. The second kappa shape index (κ2) is 15.9. The van der Waals surface area contributed by atoms with Crippen LogP contribution in [0.1, 0.15) is 96.7 Å². The summed E-state index contributed by atoms with van der Waals surface area (Å²) in [7, 11) is 0. The minimum absolute atomic E-state index is 0.0385. The first-order valence-electron chi connectivity index (χ1n) is 14.5. The van der Waals surface area contributed by atoms with Gasteiger partial charge in [-0.05, 0) is 64.0 Å². The third-order valence-electron chi connectivity index (χ3n) is 5.79. The molecular weight excluding hydrogens is 542 g/mol. The maximum Gasteiger partial charge on any atom is 0.407 e. The maximum absolute atomic E-state index is 13.4. The zero-order chi connectivity index (χ0) is 30.6. The van der Waals surface area contributed by atoms with Gasteiger partial charge in [0.15, 0.2) is 0 Å². The Morgan fingerprint density at radius 1 is 1.07 bits per heavy atom. The Kier molecular flexibility index (Phi) is 13.3. The summed E-state index contributed by atoms with van der Waals surface area (Å²) in [6.45, 7) is 15.0. The smallest absolute Gasteiger partial charge is 0.407 e. The lowest BCUT2D eigenvalue weighted by atomic mass is 9.92. The van der Waals surface area contributed by atoms with Crippen molar-refractivity contribution in [2.45, 2.75) is 99.0 Å². The van der Waals surface area contributed by atoms with Crippen LogP contribution >= 0.6 is 11.3 Å². The number of ether oxygens (including phenoxy) is 1. The highest BCUT2D eigenvalue weighted by Gasteiger charge is 2.23. The summed E-state index contributed by atoms with van der Waals surface area (Å²) in [4.78, 5) is 49.7. The first-order chi connectivity index (χ1) is 19.2. The van der Waals surface area contributed by atoms with Crippen molar-refractivity contribution in [3.8, 4) is 0 Å². The number of carbonyl (C=O) groups excluding carboxylic acids is 3. The van der Waals surface area contributed by atoms with Gasteiger partial charge in [-0.2, -0.15) is 0 Å². The van der Waals surface area contributed by atoms with Gasteiger partial charge in [0.1, 0.15) is 11.4 Å². The van der Waals surface area contributed by atoms with Crippen LogP contribution in [0.25, 0.3) is 6.08 Å². The van der Waals surface area contributed by atoms with Gasteiger partial charge in [-0.3, -0.25) is 14.4 Å². The normalized spacial score (nSPS) is 13.4. The van der Waals surface area contributed by atoms with Crippen LogP contribution in [0, 0.1) is 5.41 Å². The van der Waals surface area contributed by atoms with Crippen LogP contribution in [0.2, 0.25) is 0 Å². The third-order valence-corrected chi connectivity index (χ3v) is 6.92. The van der Waals surface area contributed by atoms with Crippen LogP contribution in [-0.2, 0) is 25.6 Å². The van der Waals surface area contributed by atoms with Gasteiger partial charge in [0.05, 0.1) is 17.2 Å². The number of hydrogen-bond donors (Lipinski definition) is 3. The molecule has 1 aliphatic rings. The number of hydrogen-bond acceptors (Lipinski definition) is 8. The van der Waals surface area contributed by atoms with E-state index in [-0.39, 0.29) is 30.3 Å². The SMILES string of the molecule is CCCN(OCCNC(=O)CC(C)(C)C)C(=O)C1=Cc2sc(CCCCCNC(=O)OC(C)(C)C)cc2N=C(N)C1. The lowest BCUT2D eigenvalue weighted by Crippen LogP contribution is -2.37. The number of nitrogens with two attached hydrogens (primary N) is 1. The number of aryl methyl sites for hydroxylation is 1. The Morgan fingerprint density at radius 3 is 2.46 bits per heavy atom. The highest BCUT2D eigenvalue weighted by Crippen LogP contribution is 2.35. The number of unbranched alkanes of at least 4 members (excludes halogenated alkanes) is 2. The van der Waals surface area contributed by atoms with Crippen molar-refractivity contribution in [3.05, 3.63) is 21.4 Å². The van der Waals surface area contributed by atoms with Crippen molar-refractivity contribution < 1.29 is 24.0 Å². The summed E-state index contributed by atoms with van der Waals surface area (Å²) in [6.07, 6.45) is 6.54. The molecule has 0 saturated heterocycles.